The topological polar surface area (TPSA) is 44.7 Å². The summed E-state index contributed by atoms with van der Waals surface area (Å²) in [6.45, 7) is 6.41. The highest BCUT2D eigenvalue weighted by molar-refractivity contribution is 5.41. The van der Waals surface area contributed by atoms with Gasteiger partial charge in [0.2, 0.25) is 0 Å². The minimum absolute atomic E-state index is 0.223. The second-order valence-electron chi connectivity index (χ2n) is 5.53. The maximum Gasteiger partial charge on any atom is 0.160 e. The van der Waals surface area contributed by atoms with Gasteiger partial charge in [0.1, 0.15) is 0 Å². The second kappa shape index (κ2) is 7.50. The number of ether oxygens (including phenoxy) is 1. The molecule has 1 aliphatic heterocycles. The van der Waals surface area contributed by atoms with Crippen molar-refractivity contribution in [2.24, 2.45) is 0 Å². The second-order valence-corrected chi connectivity index (χ2v) is 5.53. The molecular weight excluding hydrogens is 252 g/mol. The van der Waals surface area contributed by atoms with E-state index in [0.717, 1.165) is 38.2 Å². The predicted octanol–water partition coefficient (Wildman–Crippen LogP) is 2.36. The van der Waals surface area contributed by atoms with Crippen LogP contribution in [0.15, 0.2) is 18.2 Å². The van der Waals surface area contributed by atoms with Crippen LogP contribution in [0.1, 0.15) is 31.7 Å². The van der Waals surface area contributed by atoms with Gasteiger partial charge in [0, 0.05) is 19.1 Å². The number of phenolic OH excluding ortho intramolecular Hbond substituents is 1. The average Bonchev–Trinajstić information content (AvgIpc) is 2.92. The van der Waals surface area contributed by atoms with Crippen molar-refractivity contribution >= 4 is 0 Å². The SMILES string of the molecule is CCCN(Cc1ccc(OC)c(O)c1)CC1CCCN1. The van der Waals surface area contributed by atoms with Gasteiger partial charge in [0.25, 0.3) is 0 Å². The zero-order chi connectivity index (χ0) is 14.4. The zero-order valence-electron chi connectivity index (χ0n) is 12.6. The van der Waals surface area contributed by atoms with Gasteiger partial charge in [-0.25, -0.2) is 0 Å². The fourth-order valence-electron chi connectivity index (χ4n) is 2.87. The highest BCUT2D eigenvalue weighted by Crippen LogP contribution is 2.26. The van der Waals surface area contributed by atoms with E-state index in [1.165, 1.54) is 12.8 Å². The number of hydrogen-bond acceptors (Lipinski definition) is 4. The Hall–Kier alpha value is -1.26. The molecule has 1 atom stereocenters. The number of nitrogens with one attached hydrogen (secondary N) is 1. The van der Waals surface area contributed by atoms with Crippen molar-refractivity contribution in [2.45, 2.75) is 38.8 Å². The molecule has 1 unspecified atom stereocenters. The van der Waals surface area contributed by atoms with Crippen molar-refractivity contribution in [1.82, 2.24) is 10.2 Å². The van der Waals surface area contributed by atoms with Gasteiger partial charge >= 0.3 is 0 Å². The minimum atomic E-state index is 0.223. The van der Waals surface area contributed by atoms with Crippen LogP contribution >= 0.6 is 0 Å². The average molecular weight is 278 g/mol. The summed E-state index contributed by atoms with van der Waals surface area (Å²) < 4.78 is 5.09. The number of benzene rings is 1. The molecule has 0 saturated carbocycles. The maximum atomic E-state index is 9.86. The van der Waals surface area contributed by atoms with Gasteiger partial charge in [-0.2, -0.15) is 0 Å². The van der Waals surface area contributed by atoms with Crippen LogP contribution < -0.4 is 10.1 Å². The van der Waals surface area contributed by atoms with E-state index in [-0.39, 0.29) is 5.75 Å². The monoisotopic (exact) mass is 278 g/mol. The number of nitrogens with zero attached hydrogens (tertiary/aromatic N) is 1. The van der Waals surface area contributed by atoms with Crippen molar-refractivity contribution in [1.29, 1.82) is 0 Å². The molecule has 0 bridgehead atoms. The van der Waals surface area contributed by atoms with Gasteiger partial charge < -0.3 is 15.2 Å². The Balaban J connectivity index is 1.97. The largest absolute Gasteiger partial charge is 0.504 e. The molecule has 0 aromatic heterocycles. The Labute approximate surface area is 121 Å². The third-order valence-electron chi connectivity index (χ3n) is 3.83. The molecular formula is C16H26N2O2. The third-order valence-corrected chi connectivity index (χ3v) is 3.83. The third kappa shape index (κ3) is 4.12. The standard InChI is InChI=1S/C16H26N2O2/c1-3-9-18(12-14-5-4-8-17-14)11-13-6-7-16(20-2)15(19)10-13/h6-7,10,14,17,19H,3-5,8-9,11-12H2,1-2H3. The van der Waals surface area contributed by atoms with Gasteiger partial charge in [0.05, 0.1) is 7.11 Å². The molecule has 1 aromatic rings. The smallest absolute Gasteiger partial charge is 0.160 e. The molecule has 20 heavy (non-hydrogen) atoms. The van der Waals surface area contributed by atoms with E-state index in [1.54, 1.807) is 7.11 Å². The van der Waals surface area contributed by atoms with Crippen molar-refractivity contribution < 1.29 is 9.84 Å². The molecule has 2 rings (SSSR count). The Morgan fingerprint density at radius 1 is 1.45 bits per heavy atom. The summed E-state index contributed by atoms with van der Waals surface area (Å²) in [6, 6.07) is 6.29. The predicted molar refractivity (Wildman–Crippen MR) is 81.3 cm³/mol. The number of rotatable bonds is 7. The van der Waals surface area contributed by atoms with Crippen LogP contribution in [0.2, 0.25) is 0 Å². The van der Waals surface area contributed by atoms with Crippen LogP contribution in [0.25, 0.3) is 0 Å². The van der Waals surface area contributed by atoms with Gasteiger partial charge in [-0.1, -0.05) is 13.0 Å². The Morgan fingerprint density at radius 3 is 2.90 bits per heavy atom. The van der Waals surface area contributed by atoms with E-state index in [2.05, 4.69) is 17.1 Å². The summed E-state index contributed by atoms with van der Waals surface area (Å²) in [7, 11) is 1.57. The fraction of sp³-hybridized carbons (Fsp3) is 0.625. The van der Waals surface area contributed by atoms with Crippen LogP contribution in [-0.4, -0.2) is 42.8 Å². The highest BCUT2D eigenvalue weighted by Gasteiger charge is 2.17. The minimum Gasteiger partial charge on any atom is -0.504 e. The molecule has 1 aromatic carbocycles. The van der Waals surface area contributed by atoms with Gasteiger partial charge in [0.15, 0.2) is 11.5 Å². The van der Waals surface area contributed by atoms with Crippen molar-refractivity contribution in [3.05, 3.63) is 23.8 Å². The summed E-state index contributed by atoms with van der Waals surface area (Å²) >= 11 is 0. The molecule has 4 nitrogen and oxygen atoms in total. The Bertz CT molecular complexity index is 417. The van der Waals surface area contributed by atoms with E-state index in [0.29, 0.717) is 11.8 Å². The van der Waals surface area contributed by atoms with Crippen LogP contribution in [0.3, 0.4) is 0 Å². The van der Waals surface area contributed by atoms with Crippen LogP contribution in [-0.2, 0) is 6.54 Å². The van der Waals surface area contributed by atoms with Crippen molar-refractivity contribution in [2.75, 3.05) is 26.7 Å². The lowest BCUT2D eigenvalue weighted by Crippen LogP contribution is -2.37. The lowest BCUT2D eigenvalue weighted by molar-refractivity contribution is 0.241. The summed E-state index contributed by atoms with van der Waals surface area (Å²) in [4.78, 5) is 2.46. The molecule has 1 aliphatic rings. The normalized spacial score (nSPS) is 18.6. The first-order chi connectivity index (χ1) is 9.72. The Morgan fingerprint density at radius 2 is 2.30 bits per heavy atom. The van der Waals surface area contributed by atoms with E-state index < -0.39 is 0 Å². The molecule has 0 spiro atoms. The molecule has 1 heterocycles. The summed E-state index contributed by atoms with van der Waals surface area (Å²) in [5.74, 6) is 0.758. The van der Waals surface area contributed by atoms with Crippen molar-refractivity contribution in [3.8, 4) is 11.5 Å². The maximum absolute atomic E-state index is 9.86. The van der Waals surface area contributed by atoms with E-state index in [4.69, 9.17) is 4.74 Å². The molecule has 0 amide bonds. The van der Waals surface area contributed by atoms with Crippen LogP contribution in [0.5, 0.6) is 11.5 Å². The molecule has 1 fully saturated rings. The summed E-state index contributed by atoms with van der Waals surface area (Å²) in [5, 5.41) is 13.4. The van der Waals surface area contributed by atoms with Crippen LogP contribution in [0, 0.1) is 0 Å². The van der Waals surface area contributed by atoms with E-state index in [1.807, 2.05) is 18.2 Å². The van der Waals surface area contributed by atoms with Gasteiger partial charge in [-0.05, 0) is 50.0 Å². The lowest BCUT2D eigenvalue weighted by atomic mass is 10.1. The molecule has 1 saturated heterocycles. The summed E-state index contributed by atoms with van der Waals surface area (Å²) in [6.07, 6.45) is 3.71. The number of hydrogen-bond donors (Lipinski definition) is 2. The highest BCUT2D eigenvalue weighted by atomic mass is 16.5. The number of aromatic hydroxyl groups is 1. The molecule has 0 radical (unpaired) electrons. The van der Waals surface area contributed by atoms with Crippen LogP contribution in [0.4, 0.5) is 0 Å². The first-order valence-corrected chi connectivity index (χ1v) is 7.54. The first-order valence-electron chi connectivity index (χ1n) is 7.54. The molecule has 0 aliphatic carbocycles. The Kier molecular flexibility index (Phi) is 5.68. The van der Waals surface area contributed by atoms with Gasteiger partial charge in [-0.15, -0.1) is 0 Å². The van der Waals surface area contributed by atoms with E-state index >= 15 is 0 Å². The number of methoxy groups -OCH3 is 1. The molecule has 4 heteroatoms. The zero-order valence-corrected chi connectivity index (χ0v) is 12.6. The molecule has 112 valence electrons. The van der Waals surface area contributed by atoms with Gasteiger partial charge in [-0.3, -0.25) is 4.90 Å². The fourth-order valence-corrected chi connectivity index (χ4v) is 2.87. The number of phenols is 1. The summed E-state index contributed by atoms with van der Waals surface area (Å²) in [5.41, 5.74) is 1.13. The first kappa shape index (κ1) is 15.1. The lowest BCUT2D eigenvalue weighted by Gasteiger charge is -2.25. The van der Waals surface area contributed by atoms with E-state index in [9.17, 15) is 5.11 Å². The quantitative estimate of drug-likeness (QED) is 0.804. The van der Waals surface area contributed by atoms with Crippen molar-refractivity contribution in [3.63, 3.8) is 0 Å². The molecule has 2 N–H and O–H groups in total.